The molecule has 0 unspecified atom stereocenters. The molecule has 0 atom stereocenters. The molecule has 0 amide bonds. The van der Waals surface area contributed by atoms with Gasteiger partial charge in [0, 0.05) is 25.7 Å². The zero-order valence-corrected chi connectivity index (χ0v) is 16.9. The molecule has 91 valence electrons. The van der Waals surface area contributed by atoms with Gasteiger partial charge in [0.2, 0.25) is 0 Å². The van der Waals surface area contributed by atoms with Crippen LogP contribution in [0.2, 0.25) is 38.3 Å². The largest absolute Gasteiger partial charge is 1.00 e. The third kappa shape index (κ3) is 4.51. The summed E-state index contributed by atoms with van der Waals surface area (Å²) in [6, 6.07) is 2.85. The molecule has 0 aliphatic carbocycles. The van der Waals surface area contributed by atoms with Gasteiger partial charge in [-0.15, -0.1) is 0 Å². The van der Waals surface area contributed by atoms with Gasteiger partial charge in [-0.05, 0) is 19.0 Å². The van der Waals surface area contributed by atoms with E-state index in [0.717, 1.165) is 0 Å². The van der Waals surface area contributed by atoms with Crippen molar-refractivity contribution in [3.05, 3.63) is 12.5 Å². The molecule has 1 heterocycles. The van der Waals surface area contributed by atoms with Gasteiger partial charge in [-0.25, -0.2) is 0 Å². The maximum absolute atomic E-state index is 5.18. The van der Waals surface area contributed by atoms with Crippen molar-refractivity contribution >= 4 is 16.5 Å². The van der Waals surface area contributed by atoms with Crippen LogP contribution >= 0.6 is 0 Å². The van der Waals surface area contributed by atoms with E-state index in [1.807, 2.05) is 6.92 Å². The Morgan fingerprint density at radius 1 is 1.19 bits per heavy atom. The van der Waals surface area contributed by atoms with Crippen molar-refractivity contribution < 1.29 is 36.6 Å². The molecular formula is C10H22ClNOSi2Zn-. The van der Waals surface area contributed by atoms with E-state index in [9.17, 15) is 0 Å². The van der Waals surface area contributed by atoms with Crippen molar-refractivity contribution in [2.75, 3.05) is 6.61 Å². The summed E-state index contributed by atoms with van der Waals surface area (Å²) in [5, 5.41) is 0. The second-order valence-electron chi connectivity index (χ2n) is 5.17. The molecule has 2 nitrogen and oxygen atoms in total. The summed E-state index contributed by atoms with van der Waals surface area (Å²) in [5.41, 5.74) is 0. The molecule has 0 aromatic rings. The van der Waals surface area contributed by atoms with Crippen LogP contribution in [0, 0.1) is 6.26 Å². The third-order valence-corrected chi connectivity index (χ3v) is 13.0. The Hall–Kier alpha value is 0.687. The van der Waals surface area contributed by atoms with Gasteiger partial charge in [0.25, 0.3) is 0 Å². The molecule has 0 N–H and O–H groups in total. The smallest absolute Gasteiger partial charge is 0.176 e. The molecule has 0 spiro atoms. The van der Waals surface area contributed by atoms with Crippen molar-refractivity contribution in [2.24, 2.45) is 0 Å². The zero-order chi connectivity index (χ0) is 10.8. The molecule has 6 heteroatoms. The standard InChI is InChI=1S/C10H22NOSi2.ClH.Zn/c1-6-12-8-7-11-13(2,3)9-10-14(11,4)5;;/h7H,6,9-10H2,1-5H3;1H;/p-1. The molecule has 1 aliphatic heterocycles. The Morgan fingerprint density at radius 2 is 1.62 bits per heavy atom. The first-order valence-electron chi connectivity index (χ1n) is 5.40. The van der Waals surface area contributed by atoms with Crippen molar-refractivity contribution in [1.29, 1.82) is 0 Å². The predicted octanol–water partition coefficient (Wildman–Crippen LogP) is 0.0246. The summed E-state index contributed by atoms with van der Waals surface area (Å²) in [6.45, 7) is 12.5. The second-order valence-corrected chi connectivity index (χ2v) is 14.8. The molecule has 1 fully saturated rings. The van der Waals surface area contributed by atoms with Crippen LogP contribution in [0.25, 0.3) is 0 Å². The van der Waals surface area contributed by atoms with E-state index in [2.05, 4.69) is 42.9 Å². The third-order valence-electron chi connectivity index (χ3n) is 3.06. The zero-order valence-electron chi connectivity index (χ0n) is 11.1. The molecule has 0 saturated carbocycles. The van der Waals surface area contributed by atoms with Crippen LogP contribution in [-0.4, -0.2) is 27.3 Å². The fourth-order valence-electron chi connectivity index (χ4n) is 2.19. The number of nitrogens with zero attached hydrogens (tertiary/aromatic N) is 1. The van der Waals surface area contributed by atoms with Crippen LogP contribution in [0.1, 0.15) is 6.92 Å². The van der Waals surface area contributed by atoms with Gasteiger partial charge in [-0.2, -0.15) is 0 Å². The van der Waals surface area contributed by atoms with Crippen LogP contribution in [-0.2, 0) is 24.2 Å². The molecule has 0 bridgehead atoms. The van der Waals surface area contributed by atoms with Gasteiger partial charge in [0.15, 0.2) is 6.26 Å². The van der Waals surface area contributed by atoms with Crippen molar-refractivity contribution in [3.63, 3.8) is 0 Å². The van der Waals surface area contributed by atoms with Gasteiger partial charge >= 0.3 is 0 Å². The Labute approximate surface area is 121 Å². The van der Waals surface area contributed by atoms with Crippen molar-refractivity contribution in [1.82, 2.24) is 4.23 Å². The quantitative estimate of drug-likeness (QED) is 0.535. The van der Waals surface area contributed by atoms with Crippen LogP contribution in [0.4, 0.5) is 0 Å². The first kappa shape index (κ1) is 19.0. The maximum atomic E-state index is 5.18. The van der Waals surface area contributed by atoms with Gasteiger partial charge in [-0.3, -0.25) is 0 Å². The Bertz CT molecular complexity index is 221. The molecule has 1 saturated heterocycles. The van der Waals surface area contributed by atoms with Crippen molar-refractivity contribution in [3.8, 4) is 0 Å². The average Bonchev–Trinajstić information content (AvgIpc) is 2.27. The maximum Gasteiger partial charge on any atom is 0.176 e. The summed E-state index contributed by atoms with van der Waals surface area (Å²) < 4.78 is 7.81. The fraction of sp³-hybridized carbons (Fsp3) is 0.800. The molecule has 1 radical (unpaired) electrons. The summed E-state index contributed by atoms with van der Waals surface area (Å²) in [4.78, 5) is 0. The minimum Gasteiger partial charge on any atom is -1.00 e. The van der Waals surface area contributed by atoms with E-state index in [4.69, 9.17) is 4.74 Å². The summed E-state index contributed by atoms with van der Waals surface area (Å²) >= 11 is 0. The minimum atomic E-state index is -1.16. The SMILES string of the molecule is CCO[C]=CN1[Si](C)(C)CC[Si]1(C)C.[Cl-].[Zn]. The Morgan fingerprint density at radius 3 is 2.00 bits per heavy atom. The van der Waals surface area contributed by atoms with E-state index in [1.165, 1.54) is 12.1 Å². The molecular weight excluding hydrogens is 307 g/mol. The van der Waals surface area contributed by atoms with Crippen LogP contribution in [0.5, 0.6) is 0 Å². The number of hydrogen-bond donors (Lipinski definition) is 0. The van der Waals surface area contributed by atoms with Gasteiger partial charge in [0.05, 0.1) is 6.61 Å². The molecule has 16 heavy (non-hydrogen) atoms. The normalized spacial score (nSPS) is 21.4. The van der Waals surface area contributed by atoms with E-state index in [0.29, 0.717) is 6.61 Å². The number of halogens is 1. The first-order chi connectivity index (χ1) is 6.40. The molecule has 0 aromatic heterocycles. The molecule has 1 aliphatic rings. The van der Waals surface area contributed by atoms with Crippen LogP contribution in [0.3, 0.4) is 0 Å². The predicted molar refractivity (Wildman–Crippen MR) is 65.9 cm³/mol. The van der Waals surface area contributed by atoms with E-state index < -0.39 is 16.5 Å². The number of rotatable bonds is 3. The second kappa shape index (κ2) is 7.19. The van der Waals surface area contributed by atoms with Crippen molar-refractivity contribution in [2.45, 2.75) is 45.2 Å². The van der Waals surface area contributed by atoms with E-state index in [-0.39, 0.29) is 31.9 Å². The Kier molecular flexibility index (Phi) is 8.56. The fourth-order valence-corrected chi connectivity index (χ4v) is 15.6. The van der Waals surface area contributed by atoms with Gasteiger partial charge in [-0.1, -0.05) is 26.2 Å². The summed E-state index contributed by atoms with van der Waals surface area (Å²) in [5.74, 6) is 0. The average molecular weight is 329 g/mol. The van der Waals surface area contributed by atoms with E-state index >= 15 is 0 Å². The van der Waals surface area contributed by atoms with Gasteiger partial charge < -0.3 is 21.4 Å². The number of hydrogen-bond acceptors (Lipinski definition) is 2. The summed E-state index contributed by atoms with van der Waals surface area (Å²) in [6.07, 6.45) is 5.05. The topological polar surface area (TPSA) is 12.5 Å². The first-order valence-corrected chi connectivity index (χ1v) is 11.7. The Balaban J connectivity index is 0. The van der Waals surface area contributed by atoms with Crippen LogP contribution < -0.4 is 12.4 Å². The number of ether oxygens (including phenoxy) is 1. The molecule has 0 aromatic carbocycles. The van der Waals surface area contributed by atoms with Gasteiger partial charge in [0.1, 0.15) is 16.5 Å². The minimum absolute atomic E-state index is 0. The van der Waals surface area contributed by atoms with E-state index in [1.54, 1.807) is 0 Å². The summed E-state index contributed by atoms with van der Waals surface area (Å²) in [7, 11) is -2.32. The van der Waals surface area contributed by atoms with Crippen LogP contribution in [0.15, 0.2) is 6.20 Å². The monoisotopic (exact) mass is 327 g/mol. The molecule has 1 rings (SSSR count).